The van der Waals surface area contributed by atoms with Gasteiger partial charge < -0.3 is 15.5 Å². The number of rotatable bonds is 9. The lowest BCUT2D eigenvalue weighted by atomic mass is 10.00. The zero-order chi connectivity index (χ0) is 18.8. The topological polar surface area (TPSA) is 78.5 Å². The molecule has 0 saturated heterocycles. The molecule has 0 saturated carbocycles. The number of amides is 3. The molecule has 0 aliphatic carbocycles. The van der Waals surface area contributed by atoms with E-state index in [1.165, 1.54) is 4.90 Å². The molecule has 0 aliphatic rings. The van der Waals surface area contributed by atoms with Gasteiger partial charge in [-0.15, -0.1) is 0 Å². The van der Waals surface area contributed by atoms with Gasteiger partial charge in [0, 0.05) is 38.7 Å². The molecule has 1 rings (SSSR count). The van der Waals surface area contributed by atoms with E-state index in [-0.39, 0.29) is 23.6 Å². The molecule has 25 heavy (non-hydrogen) atoms. The summed E-state index contributed by atoms with van der Waals surface area (Å²) in [5, 5.41) is 5.66. The normalized spacial score (nSPS) is 11.5. The van der Waals surface area contributed by atoms with Crippen molar-refractivity contribution in [3.8, 4) is 0 Å². The molecule has 0 aromatic heterocycles. The first kappa shape index (κ1) is 20.7. The van der Waals surface area contributed by atoms with Crippen LogP contribution < -0.4 is 10.6 Å². The zero-order valence-electron chi connectivity index (χ0n) is 15.6. The zero-order valence-corrected chi connectivity index (χ0v) is 15.6. The minimum absolute atomic E-state index is 0.00166. The highest BCUT2D eigenvalue weighted by Crippen LogP contribution is 2.12. The molecule has 0 aliphatic heterocycles. The number of carbonyl (C=O) groups excluding carboxylic acids is 3. The fourth-order valence-corrected chi connectivity index (χ4v) is 2.22. The fraction of sp³-hybridized carbons (Fsp3) is 0.526. The lowest BCUT2D eigenvalue weighted by Crippen LogP contribution is -2.27. The third-order valence-corrected chi connectivity index (χ3v) is 4.06. The van der Waals surface area contributed by atoms with Crippen molar-refractivity contribution >= 4 is 23.4 Å². The van der Waals surface area contributed by atoms with Gasteiger partial charge in [-0.25, -0.2) is 4.79 Å². The summed E-state index contributed by atoms with van der Waals surface area (Å²) in [6.07, 6.45) is 2.94. The van der Waals surface area contributed by atoms with Crippen LogP contribution in [0.4, 0.5) is 10.5 Å². The van der Waals surface area contributed by atoms with Crippen molar-refractivity contribution in [3.05, 3.63) is 29.8 Å². The molecule has 0 unspecified atom stereocenters. The van der Waals surface area contributed by atoms with Crippen molar-refractivity contribution in [3.63, 3.8) is 0 Å². The van der Waals surface area contributed by atoms with E-state index in [9.17, 15) is 14.4 Å². The second kappa shape index (κ2) is 10.5. The fourth-order valence-electron chi connectivity index (χ4n) is 2.22. The summed E-state index contributed by atoms with van der Waals surface area (Å²) < 4.78 is 0. The van der Waals surface area contributed by atoms with Crippen molar-refractivity contribution in [1.82, 2.24) is 10.2 Å². The molecule has 6 heteroatoms. The summed E-state index contributed by atoms with van der Waals surface area (Å²) in [7, 11) is 3.35. The predicted octanol–water partition coefficient (Wildman–Crippen LogP) is 3.18. The first-order valence-corrected chi connectivity index (χ1v) is 8.64. The lowest BCUT2D eigenvalue weighted by Gasteiger charge is -2.13. The molecule has 0 spiro atoms. The van der Waals surface area contributed by atoms with Gasteiger partial charge in [0.1, 0.15) is 5.78 Å². The Bertz CT molecular complexity index is 599. The van der Waals surface area contributed by atoms with Crippen molar-refractivity contribution in [2.24, 2.45) is 5.92 Å². The smallest absolute Gasteiger partial charge is 0.321 e. The maximum Gasteiger partial charge on any atom is 0.321 e. The number of urea groups is 1. The van der Waals surface area contributed by atoms with Gasteiger partial charge in [-0.05, 0) is 37.5 Å². The summed E-state index contributed by atoms with van der Waals surface area (Å²) in [5.41, 5.74) is 1.62. The van der Waals surface area contributed by atoms with E-state index < -0.39 is 0 Å². The summed E-state index contributed by atoms with van der Waals surface area (Å²) >= 11 is 0. The van der Waals surface area contributed by atoms with Gasteiger partial charge >= 0.3 is 6.03 Å². The molecular weight excluding hydrogens is 318 g/mol. The van der Waals surface area contributed by atoms with Crippen LogP contribution in [0.2, 0.25) is 0 Å². The third kappa shape index (κ3) is 8.33. The van der Waals surface area contributed by atoms with Gasteiger partial charge in [-0.2, -0.15) is 0 Å². The first-order chi connectivity index (χ1) is 11.8. The van der Waals surface area contributed by atoms with E-state index in [0.717, 1.165) is 24.8 Å². The average Bonchev–Trinajstić information content (AvgIpc) is 2.56. The SMILES string of the molecule is CC(=O)[C@@H](C)CCCCC(=O)NCc1cccc(NC(=O)N(C)C)c1. The second-order valence-corrected chi connectivity index (χ2v) is 6.56. The van der Waals surface area contributed by atoms with Crippen LogP contribution in [0.1, 0.15) is 45.1 Å². The highest BCUT2D eigenvalue weighted by atomic mass is 16.2. The Balaban J connectivity index is 2.34. The number of Topliss-reactive ketones (excluding diaryl/α,β-unsaturated/α-hetero) is 1. The van der Waals surface area contributed by atoms with Crippen LogP contribution in [0, 0.1) is 5.92 Å². The van der Waals surface area contributed by atoms with Gasteiger partial charge in [0.25, 0.3) is 0 Å². The Kier molecular flexibility index (Phi) is 8.67. The quantitative estimate of drug-likeness (QED) is 0.673. The standard InChI is InChI=1S/C19H29N3O3/c1-14(15(2)23)8-5-6-11-18(24)20-13-16-9-7-10-17(12-16)21-19(25)22(3)4/h7,9-10,12,14H,5-6,8,11,13H2,1-4H3,(H,20,24)(H,21,25)/t14-/m0/s1. The minimum Gasteiger partial charge on any atom is -0.352 e. The van der Waals surface area contributed by atoms with Gasteiger partial charge in [-0.3, -0.25) is 9.59 Å². The van der Waals surface area contributed by atoms with Crippen LogP contribution in [0.3, 0.4) is 0 Å². The number of hydrogen-bond donors (Lipinski definition) is 2. The molecule has 1 aromatic rings. The van der Waals surface area contributed by atoms with E-state index in [1.807, 2.05) is 31.2 Å². The molecule has 0 bridgehead atoms. The Labute approximate surface area is 150 Å². The highest BCUT2D eigenvalue weighted by Gasteiger charge is 2.08. The first-order valence-electron chi connectivity index (χ1n) is 8.64. The molecule has 0 heterocycles. The number of anilines is 1. The van der Waals surface area contributed by atoms with E-state index in [4.69, 9.17) is 0 Å². The number of nitrogens with one attached hydrogen (secondary N) is 2. The van der Waals surface area contributed by atoms with Crippen LogP contribution in [0.25, 0.3) is 0 Å². The highest BCUT2D eigenvalue weighted by molar-refractivity contribution is 5.89. The van der Waals surface area contributed by atoms with Gasteiger partial charge in [0.2, 0.25) is 5.91 Å². The number of nitrogens with zero attached hydrogens (tertiary/aromatic N) is 1. The van der Waals surface area contributed by atoms with E-state index in [0.29, 0.717) is 18.7 Å². The largest absolute Gasteiger partial charge is 0.352 e. The Morgan fingerprint density at radius 1 is 1.16 bits per heavy atom. The Morgan fingerprint density at radius 3 is 2.52 bits per heavy atom. The maximum atomic E-state index is 11.9. The summed E-state index contributed by atoms with van der Waals surface area (Å²) in [5.74, 6) is 0.270. The monoisotopic (exact) mass is 347 g/mol. The number of carbonyl (C=O) groups is 3. The van der Waals surface area contributed by atoms with Crippen LogP contribution in [-0.2, 0) is 16.1 Å². The summed E-state index contributed by atoms with van der Waals surface area (Å²) in [6.45, 7) is 3.95. The van der Waals surface area contributed by atoms with Gasteiger partial charge in [-0.1, -0.05) is 25.5 Å². The van der Waals surface area contributed by atoms with Crippen molar-refractivity contribution in [2.45, 2.75) is 46.1 Å². The van der Waals surface area contributed by atoms with E-state index in [1.54, 1.807) is 21.0 Å². The van der Waals surface area contributed by atoms with E-state index in [2.05, 4.69) is 10.6 Å². The second-order valence-electron chi connectivity index (χ2n) is 6.56. The molecule has 138 valence electrons. The van der Waals surface area contributed by atoms with Crippen molar-refractivity contribution < 1.29 is 14.4 Å². The van der Waals surface area contributed by atoms with Crippen LogP contribution in [0.15, 0.2) is 24.3 Å². The Hall–Kier alpha value is -2.37. The molecule has 6 nitrogen and oxygen atoms in total. The molecular formula is C19H29N3O3. The van der Waals surface area contributed by atoms with Crippen LogP contribution >= 0.6 is 0 Å². The lowest BCUT2D eigenvalue weighted by molar-refractivity contribution is -0.121. The van der Waals surface area contributed by atoms with E-state index >= 15 is 0 Å². The summed E-state index contributed by atoms with van der Waals surface area (Å²) in [6, 6.07) is 7.20. The Morgan fingerprint density at radius 2 is 1.88 bits per heavy atom. The van der Waals surface area contributed by atoms with Crippen LogP contribution in [0.5, 0.6) is 0 Å². The molecule has 2 N–H and O–H groups in total. The van der Waals surface area contributed by atoms with Crippen LogP contribution in [-0.4, -0.2) is 36.7 Å². The third-order valence-electron chi connectivity index (χ3n) is 4.06. The number of benzene rings is 1. The minimum atomic E-state index is -0.194. The number of ketones is 1. The van der Waals surface area contributed by atoms with Crippen molar-refractivity contribution in [1.29, 1.82) is 0 Å². The molecule has 1 aromatic carbocycles. The number of unbranched alkanes of at least 4 members (excludes halogenated alkanes) is 1. The predicted molar refractivity (Wildman–Crippen MR) is 99.3 cm³/mol. The van der Waals surface area contributed by atoms with Crippen molar-refractivity contribution in [2.75, 3.05) is 19.4 Å². The molecule has 0 radical (unpaired) electrons. The van der Waals surface area contributed by atoms with Gasteiger partial charge in [0.05, 0.1) is 0 Å². The molecule has 3 amide bonds. The molecule has 0 fully saturated rings. The maximum absolute atomic E-state index is 11.9. The number of hydrogen-bond acceptors (Lipinski definition) is 3. The average molecular weight is 347 g/mol. The van der Waals surface area contributed by atoms with Gasteiger partial charge in [0.15, 0.2) is 0 Å². The summed E-state index contributed by atoms with van der Waals surface area (Å²) in [4.78, 5) is 36.2. The molecule has 1 atom stereocenters.